The highest BCUT2D eigenvalue weighted by Gasteiger charge is 2.44. The summed E-state index contributed by atoms with van der Waals surface area (Å²) in [5, 5.41) is 0. The number of methoxy groups -OCH3 is 1. The van der Waals surface area contributed by atoms with E-state index in [4.69, 9.17) is 31.5 Å². The second-order valence-corrected chi connectivity index (χ2v) is 9.68. The van der Waals surface area contributed by atoms with Crippen molar-refractivity contribution in [3.05, 3.63) is 44.6 Å². The van der Waals surface area contributed by atoms with Crippen LogP contribution in [0.4, 0.5) is 0 Å². The molecule has 2 aliphatic rings. The first-order valence-corrected chi connectivity index (χ1v) is 11.3. The summed E-state index contributed by atoms with van der Waals surface area (Å²) in [5.41, 5.74) is 7.37. The fourth-order valence-electron chi connectivity index (χ4n) is 4.53. The lowest BCUT2D eigenvalue weighted by molar-refractivity contribution is -0.119. The average molecular weight is 451 g/mol. The molecule has 4 rings (SSSR count). The number of benzene rings is 1. The number of piperidine rings is 1. The van der Waals surface area contributed by atoms with Gasteiger partial charge in [0.15, 0.2) is 6.61 Å². The van der Waals surface area contributed by atoms with Gasteiger partial charge in [0.2, 0.25) is 0 Å². The molecule has 1 saturated heterocycles. The van der Waals surface area contributed by atoms with Gasteiger partial charge < -0.3 is 19.9 Å². The molecule has 2 atom stereocenters. The lowest BCUT2D eigenvalue weighted by atomic mass is 9.82. The number of nitrogens with two attached hydrogens (primary N) is 1. The number of amides is 1. The lowest BCUT2D eigenvalue weighted by Gasteiger charge is -2.47. The highest BCUT2D eigenvalue weighted by Crippen LogP contribution is 2.48. The van der Waals surface area contributed by atoms with Gasteiger partial charge in [0.25, 0.3) is 5.91 Å². The molecule has 2 aromatic rings. The molecule has 2 aliphatic heterocycles. The van der Waals surface area contributed by atoms with E-state index in [0.29, 0.717) is 11.8 Å². The summed E-state index contributed by atoms with van der Waals surface area (Å²) in [6.45, 7) is 4.56. The second-order valence-electron chi connectivity index (χ2n) is 8.00. The van der Waals surface area contributed by atoms with Crippen LogP contribution in [-0.4, -0.2) is 43.7 Å². The van der Waals surface area contributed by atoms with Crippen LogP contribution >= 0.6 is 22.9 Å². The van der Waals surface area contributed by atoms with Gasteiger partial charge in [0.05, 0.1) is 18.1 Å². The molecule has 0 radical (unpaired) electrons. The fourth-order valence-corrected chi connectivity index (χ4v) is 6.01. The van der Waals surface area contributed by atoms with Crippen LogP contribution in [0.15, 0.2) is 24.3 Å². The van der Waals surface area contributed by atoms with Crippen molar-refractivity contribution in [1.29, 1.82) is 0 Å². The first-order chi connectivity index (χ1) is 14.4. The number of ether oxygens (including phenoxy) is 3. The Morgan fingerprint density at radius 1 is 1.43 bits per heavy atom. The maximum Gasteiger partial charge on any atom is 0.255 e. The first-order valence-electron chi connectivity index (χ1n) is 10.1. The van der Waals surface area contributed by atoms with Crippen molar-refractivity contribution in [2.24, 2.45) is 5.73 Å². The van der Waals surface area contributed by atoms with Gasteiger partial charge in [-0.3, -0.25) is 9.69 Å². The largest absolute Gasteiger partial charge is 0.496 e. The monoisotopic (exact) mass is 450 g/mol. The number of hydrogen-bond acceptors (Lipinski definition) is 6. The zero-order valence-electron chi connectivity index (χ0n) is 17.3. The van der Waals surface area contributed by atoms with Gasteiger partial charge in [0.1, 0.15) is 17.1 Å². The Kier molecular flexibility index (Phi) is 6.25. The molecule has 162 valence electrons. The number of fused-ring (bicyclic) bond motifs is 2. The van der Waals surface area contributed by atoms with Gasteiger partial charge >= 0.3 is 0 Å². The smallest absolute Gasteiger partial charge is 0.255 e. The van der Waals surface area contributed by atoms with Gasteiger partial charge in [-0.2, -0.15) is 0 Å². The number of rotatable bonds is 6. The predicted molar refractivity (Wildman–Crippen MR) is 117 cm³/mol. The Bertz CT molecular complexity index is 934. The molecule has 1 amide bonds. The Hall–Kier alpha value is -1.80. The molecular formula is C22H27ClN2O4S. The van der Waals surface area contributed by atoms with Gasteiger partial charge in [-0.15, -0.1) is 11.3 Å². The van der Waals surface area contributed by atoms with Crippen molar-refractivity contribution < 1.29 is 19.0 Å². The van der Waals surface area contributed by atoms with Crippen LogP contribution in [0.1, 0.15) is 35.8 Å². The van der Waals surface area contributed by atoms with Crippen LogP contribution in [0.25, 0.3) is 0 Å². The normalized spacial score (nSPS) is 23.9. The van der Waals surface area contributed by atoms with E-state index in [-0.39, 0.29) is 12.2 Å². The number of likely N-dealkylation sites (tertiary alicyclic amines) is 1. The molecule has 0 aliphatic carbocycles. The third-order valence-electron chi connectivity index (χ3n) is 6.01. The molecular weight excluding hydrogens is 424 g/mol. The topological polar surface area (TPSA) is 74.0 Å². The van der Waals surface area contributed by atoms with E-state index in [1.54, 1.807) is 24.5 Å². The van der Waals surface area contributed by atoms with E-state index >= 15 is 0 Å². The second kappa shape index (κ2) is 8.75. The molecule has 1 aromatic carbocycles. The van der Waals surface area contributed by atoms with Gasteiger partial charge in [-0.25, -0.2) is 0 Å². The van der Waals surface area contributed by atoms with Crippen molar-refractivity contribution >= 4 is 28.8 Å². The molecule has 8 heteroatoms. The van der Waals surface area contributed by atoms with E-state index < -0.39 is 5.91 Å². The third-order valence-corrected chi connectivity index (χ3v) is 7.50. The first kappa shape index (κ1) is 21.4. The highest BCUT2D eigenvalue weighted by atomic mass is 35.5. The molecule has 1 fully saturated rings. The summed E-state index contributed by atoms with van der Waals surface area (Å²) >= 11 is 7.99. The number of primary amides is 1. The van der Waals surface area contributed by atoms with Crippen molar-refractivity contribution in [2.75, 3.05) is 26.9 Å². The molecule has 6 nitrogen and oxygen atoms in total. The van der Waals surface area contributed by atoms with E-state index in [1.165, 1.54) is 10.4 Å². The van der Waals surface area contributed by atoms with E-state index in [9.17, 15) is 4.79 Å². The number of nitrogens with zero attached hydrogens (tertiary/aromatic N) is 1. The molecule has 1 aromatic heterocycles. The summed E-state index contributed by atoms with van der Waals surface area (Å²) in [5.74, 6) is 0.803. The van der Waals surface area contributed by atoms with Crippen molar-refractivity contribution in [2.45, 2.75) is 44.4 Å². The number of carbonyl (C=O) groups is 1. The Morgan fingerprint density at radius 2 is 2.27 bits per heavy atom. The number of hydrogen-bond donors (Lipinski definition) is 1. The minimum atomic E-state index is -0.505. The maximum absolute atomic E-state index is 10.9. The van der Waals surface area contributed by atoms with Crippen LogP contribution in [0.2, 0.25) is 4.34 Å². The van der Waals surface area contributed by atoms with Gasteiger partial charge in [0, 0.05) is 35.6 Å². The quantitative estimate of drug-likeness (QED) is 0.725. The van der Waals surface area contributed by atoms with Crippen LogP contribution in [0.3, 0.4) is 0 Å². The Balaban J connectivity index is 1.47. The Labute approximate surface area is 185 Å². The fraction of sp³-hybridized carbons (Fsp3) is 0.500. The minimum Gasteiger partial charge on any atom is -0.496 e. The highest BCUT2D eigenvalue weighted by molar-refractivity contribution is 7.16. The standard InChI is InChI=1S/C22H27ClN2O4S/c1-14-11-22(21-15(5-8-29-22)9-19(23)30-21)6-7-25(14)12-16-3-4-17(10-18(16)27-2)28-13-20(24)26/h3-4,9-10,14H,5-8,11-13H2,1-2H3,(H2,24,26)/t14-,22+/m1/s1. The predicted octanol–water partition coefficient (Wildman–Crippen LogP) is 3.73. The lowest BCUT2D eigenvalue weighted by Crippen LogP contribution is -2.49. The SMILES string of the molecule is COc1cc(OCC(N)=O)ccc1CN1CC[C@@]2(C[C@H]1C)OCCc1cc(Cl)sc12. The van der Waals surface area contributed by atoms with E-state index in [2.05, 4.69) is 17.9 Å². The van der Waals surface area contributed by atoms with Gasteiger partial charge in [-0.05, 0) is 43.9 Å². The van der Waals surface area contributed by atoms with Crippen LogP contribution in [0, 0.1) is 0 Å². The van der Waals surface area contributed by atoms with Crippen LogP contribution in [0.5, 0.6) is 11.5 Å². The molecule has 3 heterocycles. The molecule has 30 heavy (non-hydrogen) atoms. The Morgan fingerprint density at radius 3 is 3.00 bits per heavy atom. The zero-order valence-corrected chi connectivity index (χ0v) is 18.9. The molecule has 2 N–H and O–H groups in total. The van der Waals surface area contributed by atoms with Crippen molar-refractivity contribution in [3.8, 4) is 11.5 Å². The van der Waals surface area contributed by atoms with Crippen LogP contribution < -0.4 is 15.2 Å². The van der Waals surface area contributed by atoms with E-state index in [1.807, 2.05) is 12.1 Å². The van der Waals surface area contributed by atoms with Gasteiger partial charge in [-0.1, -0.05) is 17.7 Å². The molecule has 0 bridgehead atoms. The summed E-state index contributed by atoms with van der Waals surface area (Å²) in [7, 11) is 1.64. The number of halogens is 1. The molecule has 0 saturated carbocycles. The van der Waals surface area contributed by atoms with Crippen LogP contribution in [-0.2, 0) is 28.1 Å². The summed E-state index contributed by atoms with van der Waals surface area (Å²) in [4.78, 5) is 14.7. The van der Waals surface area contributed by atoms with Crippen molar-refractivity contribution in [3.63, 3.8) is 0 Å². The van der Waals surface area contributed by atoms with E-state index in [0.717, 1.165) is 54.6 Å². The third kappa shape index (κ3) is 4.30. The molecule has 1 spiro atoms. The van der Waals surface area contributed by atoms with Crippen molar-refractivity contribution in [1.82, 2.24) is 4.90 Å². The maximum atomic E-state index is 10.9. The summed E-state index contributed by atoms with van der Waals surface area (Å²) in [6, 6.07) is 8.09. The minimum absolute atomic E-state index is 0.150. The summed E-state index contributed by atoms with van der Waals surface area (Å²) < 4.78 is 18.2. The number of thiophene rings is 1. The average Bonchev–Trinajstić information content (AvgIpc) is 3.11. The zero-order chi connectivity index (χ0) is 21.3. The number of carbonyl (C=O) groups excluding carboxylic acids is 1. The summed E-state index contributed by atoms with van der Waals surface area (Å²) in [6.07, 6.45) is 2.84. The molecule has 0 unspecified atom stereocenters.